The SMILES string of the molecule is CCCCOCCN(C)C1(CN)CCCC(C)C1. The number of unbranched alkanes of at least 4 members (excludes halogenated alkanes) is 1. The molecule has 3 heteroatoms. The average molecular weight is 256 g/mol. The lowest BCUT2D eigenvalue weighted by atomic mass is 9.75. The topological polar surface area (TPSA) is 38.5 Å². The summed E-state index contributed by atoms with van der Waals surface area (Å²) in [7, 11) is 2.22. The van der Waals surface area contributed by atoms with Gasteiger partial charge in [0.15, 0.2) is 0 Å². The Morgan fingerprint density at radius 3 is 2.78 bits per heavy atom. The molecule has 0 saturated heterocycles. The summed E-state index contributed by atoms with van der Waals surface area (Å²) >= 11 is 0. The Bertz CT molecular complexity index is 223. The Kier molecular flexibility index (Phi) is 7.20. The number of hydrogen-bond acceptors (Lipinski definition) is 3. The summed E-state index contributed by atoms with van der Waals surface area (Å²) in [6.45, 7) is 8.08. The van der Waals surface area contributed by atoms with Gasteiger partial charge in [0, 0.05) is 25.2 Å². The number of hydrogen-bond donors (Lipinski definition) is 1. The van der Waals surface area contributed by atoms with Crippen LogP contribution in [0.3, 0.4) is 0 Å². The molecule has 0 aromatic heterocycles. The van der Waals surface area contributed by atoms with Crippen molar-refractivity contribution < 1.29 is 4.74 Å². The third-order valence-corrected chi connectivity index (χ3v) is 4.47. The molecule has 0 amide bonds. The van der Waals surface area contributed by atoms with Crippen molar-refractivity contribution in [1.29, 1.82) is 0 Å². The van der Waals surface area contributed by atoms with Crippen LogP contribution in [-0.2, 0) is 4.74 Å². The number of nitrogens with zero attached hydrogens (tertiary/aromatic N) is 1. The van der Waals surface area contributed by atoms with Crippen molar-refractivity contribution in [3.8, 4) is 0 Å². The highest BCUT2D eigenvalue weighted by Gasteiger charge is 2.36. The van der Waals surface area contributed by atoms with E-state index in [4.69, 9.17) is 10.5 Å². The number of rotatable bonds is 8. The van der Waals surface area contributed by atoms with E-state index in [1.807, 2.05) is 0 Å². The summed E-state index contributed by atoms with van der Waals surface area (Å²) in [4.78, 5) is 2.45. The molecule has 0 spiro atoms. The maximum atomic E-state index is 6.07. The van der Waals surface area contributed by atoms with E-state index >= 15 is 0 Å². The molecular weight excluding hydrogens is 224 g/mol. The van der Waals surface area contributed by atoms with E-state index < -0.39 is 0 Å². The second kappa shape index (κ2) is 8.13. The second-order valence-electron chi connectivity index (χ2n) is 6.02. The minimum atomic E-state index is 0.228. The van der Waals surface area contributed by atoms with Gasteiger partial charge in [-0.1, -0.05) is 33.1 Å². The lowest BCUT2D eigenvalue weighted by molar-refractivity contribution is 0.0294. The van der Waals surface area contributed by atoms with Gasteiger partial charge in [0.1, 0.15) is 0 Å². The summed E-state index contributed by atoms with van der Waals surface area (Å²) in [6, 6.07) is 0. The van der Waals surface area contributed by atoms with Crippen LogP contribution < -0.4 is 5.73 Å². The van der Waals surface area contributed by atoms with Crippen molar-refractivity contribution in [2.24, 2.45) is 11.7 Å². The molecule has 0 aromatic carbocycles. The van der Waals surface area contributed by atoms with Crippen molar-refractivity contribution in [3.05, 3.63) is 0 Å². The van der Waals surface area contributed by atoms with Crippen molar-refractivity contribution in [2.45, 2.75) is 57.9 Å². The molecule has 1 rings (SSSR count). The van der Waals surface area contributed by atoms with E-state index in [1.54, 1.807) is 0 Å². The first kappa shape index (κ1) is 15.9. The van der Waals surface area contributed by atoms with Crippen LogP contribution in [0.4, 0.5) is 0 Å². The molecule has 2 N–H and O–H groups in total. The maximum absolute atomic E-state index is 6.07. The van der Waals surface area contributed by atoms with Crippen LogP contribution in [-0.4, -0.2) is 43.8 Å². The minimum Gasteiger partial charge on any atom is -0.380 e. The van der Waals surface area contributed by atoms with Crippen LogP contribution in [0.2, 0.25) is 0 Å². The molecule has 108 valence electrons. The maximum Gasteiger partial charge on any atom is 0.0593 e. The van der Waals surface area contributed by atoms with E-state index in [1.165, 1.54) is 38.5 Å². The molecule has 0 radical (unpaired) electrons. The van der Waals surface area contributed by atoms with Crippen LogP contribution in [0.1, 0.15) is 52.4 Å². The predicted molar refractivity (Wildman–Crippen MR) is 77.8 cm³/mol. The van der Waals surface area contributed by atoms with E-state index in [9.17, 15) is 0 Å². The quantitative estimate of drug-likeness (QED) is 0.679. The van der Waals surface area contributed by atoms with Gasteiger partial charge in [0.2, 0.25) is 0 Å². The summed E-state index contributed by atoms with van der Waals surface area (Å²) < 4.78 is 5.67. The van der Waals surface area contributed by atoms with E-state index in [0.717, 1.165) is 32.2 Å². The van der Waals surface area contributed by atoms with E-state index in [-0.39, 0.29) is 5.54 Å². The Balaban J connectivity index is 2.34. The standard InChI is InChI=1S/C15H32N2O/c1-4-5-10-18-11-9-17(3)15(13-16)8-6-7-14(2)12-15/h14H,4-13,16H2,1-3H3. The number of nitrogens with two attached hydrogens (primary N) is 1. The molecule has 1 aliphatic rings. The molecule has 3 nitrogen and oxygen atoms in total. The first-order chi connectivity index (χ1) is 8.64. The molecule has 0 heterocycles. The highest BCUT2D eigenvalue weighted by molar-refractivity contribution is 4.94. The lowest BCUT2D eigenvalue weighted by Crippen LogP contribution is -2.55. The molecule has 1 saturated carbocycles. The molecule has 0 bridgehead atoms. The van der Waals surface area contributed by atoms with Gasteiger partial charge in [-0.3, -0.25) is 4.90 Å². The van der Waals surface area contributed by atoms with Gasteiger partial charge < -0.3 is 10.5 Å². The highest BCUT2D eigenvalue weighted by Crippen LogP contribution is 2.35. The van der Waals surface area contributed by atoms with Gasteiger partial charge >= 0.3 is 0 Å². The second-order valence-corrected chi connectivity index (χ2v) is 6.02. The molecule has 1 fully saturated rings. The fraction of sp³-hybridized carbons (Fsp3) is 1.00. The summed E-state index contributed by atoms with van der Waals surface area (Å²) in [5.41, 5.74) is 6.30. The molecule has 0 aliphatic heterocycles. The van der Waals surface area contributed by atoms with Crippen LogP contribution >= 0.6 is 0 Å². The fourth-order valence-corrected chi connectivity index (χ4v) is 3.11. The van der Waals surface area contributed by atoms with Crippen molar-refractivity contribution in [2.75, 3.05) is 33.4 Å². The van der Waals surface area contributed by atoms with E-state index in [2.05, 4.69) is 25.8 Å². The lowest BCUT2D eigenvalue weighted by Gasteiger charge is -2.46. The average Bonchev–Trinajstić information content (AvgIpc) is 2.38. The largest absolute Gasteiger partial charge is 0.380 e. The molecule has 2 unspecified atom stereocenters. The van der Waals surface area contributed by atoms with Crippen molar-refractivity contribution >= 4 is 0 Å². The molecular formula is C15H32N2O. The van der Waals surface area contributed by atoms with Crippen molar-refractivity contribution in [1.82, 2.24) is 4.90 Å². The van der Waals surface area contributed by atoms with Gasteiger partial charge in [0.05, 0.1) is 6.61 Å². The summed E-state index contributed by atoms with van der Waals surface area (Å²) in [6.07, 6.45) is 7.55. The van der Waals surface area contributed by atoms with Crippen LogP contribution in [0.5, 0.6) is 0 Å². The first-order valence-corrected chi connectivity index (χ1v) is 7.63. The van der Waals surface area contributed by atoms with Gasteiger partial charge in [-0.25, -0.2) is 0 Å². The normalized spacial score (nSPS) is 28.8. The molecule has 2 atom stereocenters. The van der Waals surface area contributed by atoms with Crippen LogP contribution in [0.15, 0.2) is 0 Å². The number of ether oxygens (including phenoxy) is 1. The van der Waals surface area contributed by atoms with Gasteiger partial charge in [-0.15, -0.1) is 0 Å². The van der Waals surface area contributed by atoms with Crippen LogP contribution in [0, 0.1) is 5.92 Å². The van der Waals surface area contributed by atoms with Gasteiger partial charge in [-0.2, -0.15) is 0 Å². The zero-order valence-electron chi connectivity index (χ0n) is 12.6. The molecule has 0 aromatic rings. The monoisotopic (exact) mass is 256 g/mol. The third kappa shape index (κ3) is 4.52. The summed E-state index contributed by atoms with van der Waals surface area (Å²) in [5.74, 6) is 0.811. The van der Waals surface area contributed by atoms with E-state index in [0.29, 0.717) is 0 Å². The summed E-state index contributed by atoms with van der Waals surface area (Å²) in [5, 5.41) is 0. The third-order valence-electron chi connectivity index (χ3n) is 4.47. The van der Waals surface area contributed by atoms with Gasteiger partial charge in [0.25, 0.3) is 0 Å². The van der Waals surface area contributed by atoms with Gasteiger partial charge in [-0.05, 0) is 32.2 Å². The zero-order chi connectivity index (χ0) is 13.4. The fourth-order valence-electron chi connectivity index (χ4n) is 3.11. The smallest absolute Gasteiger partial charge is 0.0593 e. The Hall–Kier alpha value is -0.120. The zero-order valence-corrected chi connectivity index (χ0v) is 12.6. The molecule has 18 heavy (non-hydrogen) atoms. The molecule has 1 aliphatic carbocycles. The minimum absolute atomic E-state index is 0.228. The highest BCUT2D eigenvalue weighted by atomic mass is 16.5. The first-order valence-electron chi connectivity index (χ1n) is 7.63. The van der Waals surface area contributed by atoms with Crippen LogP contribution in [0.25, 0.3) is 0 Å². The van der Waals surface area contributed by atoms with Crippen molar-refractivity contribution in [3.63, 3.8) is 0 Å². The predicted octanol–water partition coefficient (Wildman–Crippen LogP) is 2.64. The Morgan fingerprint density at radius 1 is 1.39 bits per heavy atom. The Morgan fingerprint density at radius 2 is 2.17 bits per heavy atom. The number of likely N-dealkylation sites (N-methyl/N-ethyl adjacent to an activating group) is 1. The Labute approximate surface area is 113 Å².